The highest BCUT2D eigenvalue weighted by atomic mass is 16.3. The topological polar surface area (TPSA) is 69.6 Å². The predicted molar refractivity (Wildman–Crippen MR) is 267 cm³/mol. The summed E-state index contributed by atoms with van der Waals surface area (Å²) < 4.78 is 0. The minimum Gasteiger partial charge on any atom is -0.394 e. The standard InChI is InChI=1S/C56H105NO3/c1-3-5-7-9-11-13-15-16-17-18-19-20-21-22-23-24-25-26-27-28-29-30-31-32-33-34-35-36-37-38-39-40-42-44-46-48-50-52-56(60)57-54(53-58)55(59)51-49-47-45-43-41-14-12-10-8-6-4-2/h15-16,18-19,21-22,49,51,54-55,58-59H,3-14,17,20,23-48,50,52-53H2,1-2H3,(H,57,60)/b16-15-,19-18-,22-21-,51-49+. The van der Waals surface area contributed by atoms with Gasteiger partial charge in [0.15, 0.2) is 0 Å². The molecular formula is C56H105NO3. The van der Waals surface area contributed by atoms with Gasteiger partial charge in [-0.25, -0.2) is 0 Å². The number of aliphatic hydroxyl groups excluding tert-OH is 2. The van der Waals surface area contributed by atoms with Crippen molar-refractivity contribution in [3.8, 4) is 0 Å². The number of rotatable bonds is 49. The van der Waals surface area contributed by atoms with Crippen LogP contribution in [0.4, 0.5) is 0 Å². The quantitative estimate of drug-likeness (QED) is 0.0422. The van der Waals surface area contributed by atoms with Crippen molar-refractivity contribution in [2.24, 2.45) is 0 Å². The van der Waals surface area contributed by atoms with Crippen molar-refractivity contribution in [3.05, 3.63) is 48.6 Å². The van der Waals surface area contributed by atoms with Crippen LogP contribution in [0.2, 0.25) is 0 Å². The first kappa shape index (κ1) is 58.4. The zero-order chi connectivity index (χ0) is 43.5. The molecule has 4 heteroatoms. The van der Waals surface area contributed by atoms with Crippen molar-refractivity contribution in [3.63, 3.8) is 0 Å². The van der Waals surface area contributed by atoms with E-state index < -0.39 is 12.1 Å². The molecule has 0 heterocycles. The second-order valence-corrected chi connectivity index (χ2v) is 18.3. The minimum absolute atomic E-state index is 0.0621. The number of nitrogens with one attached hydrogen (secondary N) is 1. The van der Waals surface area contributed by atoms with Crippen LogP contribution in [0.3, 0.4) is 0 Å². The lowest BCUT2D eigenvalue weighted by Crippen LogP contribution is -2.45. The molecule has 0 aliphatic heterocycles. The largest absolute Gasteiger partial charge is 0.394 e. The van der Waals surface area contributed by atoms with Gasteiger partial charge < -0.3 is 15.5 Å². The lowest BCUT2D eigenvalue weighted by Gasteiger charge is -2.20. The van der Waals surface area contributed by atoms with Crippen molar-refractivity contribution in [2.75, 3.05) is 6.61 Å². The van der Waals surface area contributed by atoms with Crippen molar-refractivity contribution in [1.29, 1.82) is 0 Å². The Morgan fingerprint density at radius 3 is 1.02 bits per heavy atom. The van der Waals surface area contributed by atoms with Gasteiger partial charge in [0.25, 0.3) is 0 Å². The van der Waals surface area contributed by atoms with E-state index in [-0.39, 0.29) is 12.5 Å². The van der Waals surface area contributed by atoms with E-state index in [2.05, 4.69) is 55.6 Å². The number of carbonyl (C=O) groups is 1. The number of unbranched alkanes of at least 4 members (excludes halogenated alkanes) is 36. The third-order valence-electron chi connectivity index (χ3n) is 12.3. The van der Waals surface area contributed by atoms with Crippen LogP contribution in [0.1, 0.15) is 284 Å². The average molecular weight is 840 g/mol. The normalized spacial score (nSPS) is 13.2. The molecule has 0 aliphatic carbocycles. The monoisotopic (exact) mass is 840 g/mol. The van der Waals surface area contributed by atoms with Crippen LogP contribution < -0.4 is 5.32 Å². The zero-order valence-corrected chi connectivity index (χ0v) is 40.5. The fraction of sp³-hybridized carbons (Fsp3) is 0.839. The molecule has 60 heavy (non-hydrogen) atoms. The summed E-state index contributed by atoms with van der Waals surface area (Å²) in [6.07, 6.45) is 71.3. The summed E-state index contributed by atoms with van der Waals surface area (Å²) in [6.45, 7) is 4.29. The summed E-state index contributed by atoms with van der Waals surface area (Å²) in [4.78, 5) is 12.4. The highest BCUT2D eigenvalue weighted by Gasteiger charge is 2.18. The van der Waals surface area contributed by atoms with Gasteiger partial charge in [-0.05, 0) is 57.8 Å². The van der Waals surface area contributed by atoms with E-state index >= 15 is 0 Å². The molecule has 4 nitrogen and oxygen atoms in total. The van der Waals surface area contributed by atoms with Gasteiger partial charge in [0.1, 0.15) is 0 Å². The van der Waals surface area contributed by atoms with E-state index in [1.54, 1.807) is 6.08 Å². The first-order chi connectivity index (χ1) is 29.7. The van der Waals surface area contributed by atoms with Gasteiger partial charge >= 0.3 is 0 Å². The third kappa shape index (κ3) is 47.4. The summed E-state index contributed by atoms with van der Waals surface area (Å²) in [7, 11) is 0. The Morgan fingerprint density at radius 2 is 0.683 bits per heavy atom. The molecule has 0 aromatic carbocycles. The van der Waals surface area contributed by atoms with Gasteiger partial charge in [-0.2, -0.15) is 0 Å². The SMILES string of the molecule is CCCCCCC/C=C\C/C=C\C/C=C\CCCCCCCCCCCCCCCCCCCCCCCCC(=O)NC(CO)C(O)/C=C/CCCCCCCCCCC. The lowest BCUT2D eigenvalue weighted by molar-refractivity contribution is -0.123. The second-order valence-electron chi connectivity index (χ2n) is 18.3. The van der Waals surface area contributed by atoms with Crippen LogP contribution in [0, 0.1) is 0 Å². The van der Waals surface area contributed by atoms with Gasteiger partial charge in [-0.15, -0.1) is 0 Å². The van der Waals surface area contributed by atoms with E-state index in [4.69, 9.17) is 0 Å². The Hall–Kier alpha value is -1.65. The van der Waals surface area contributed by atoms with Crippen molar-refractivity contribution in [1.82, 2.24) is 5.32 Å². The molecule has 2 unspecified atom stereocenters. The van der Waals surface area contributed by atoms with Crippen molar-refractivity contribution < 1.29 is 15.0 Å². The van der Waals surface area contributed by atoms with E-state index in [9.17, 15) is 15.0 Å². The van der Waals surface area contributed by atoms with Crippen LogP contribution in [0.25, 0.3) is 0 Å². The molecule has 352 valence electrons. The first-order valence-electron chi connectivity index (χ1n) is 26.9. The van der Waals surface area contributed by atoms with Gasteiger partial charge in [-0.3, -0.25) is 4.79 Å². The maximum absolute atomic E-state index is 12.4. The summed E-state index contributed by atoms with van der Waals surface area (Å²) in [5, 5.41) is 23.0. The molecule has 0 radical (unpaired) electrons. The maximum Gasteiger partial charge on any atom is 0.220 e. The molecule has 0 saturated heterocycles. The summed E-state index contributed by atoms with van der Waals surface area (Å²) >= 11 is 0. The van der Waals surface area contributed by atoms with Gasteiger partial charge in [0.05, 0.1) is 18.8 Å². The molecular weight excluding hydrogens is 735 g/mol. The smallest absolute Gasteiger partial charge is 0.220 e. The van der Waals surface area contributed by atoms with Gasteiger partial charge in [0, 0.05) is 6.42 Å². The number of aliphatic hydroxyl groups is 2. The number of carbonyl (C=O) groups excluding carboxylic acids is 1. The molecule has 0 bridgehead atoms. The summed E-state index contributed by atoms with van der Waals surface area (Å²) in [6, 6.07) is -0.619. The number of allylic oxidation sites excluding steroid dienone is 7. The van der Waals surface area contributed by atoms with E-state index in [0.29, 0.717) is 6.42 Å². The fourth-order valence-electron chi connectivity index (χ4n) is 8.19. The molecule has 0 aromatic rings. The predicted octanol–water partition coefficient (Wildman–Crippen LogP) is 17.5. The van der Waals surface area contributed by atoms with Crippen LogP contribution >= 0.6 is 0 Å². The fourth-order valence-corrected chi connectivity index (χ4v) is 8.19. The van der Waals surface area contributed by atoms with Crippen LogP contribution in [-0.4, -0.2) is 34.9 Å². The molecule has 1 amide bonds. The van der Waals surface area contributed by atoms with Crippen LogP contribution in [0.5, 0.6) is 0 Å². The molecule has 0 spiro atoms. The molecule has 0 rings (SSSR count). The van der Waals surface area contributed by atoms with E-state index in [1.807, 2.05) is 6.08 Å². The maximum atomic E-state index is 12.4. The van der Waals surface area contributed by atoms with Gasteiger partial charge in [0.2, 0.25) is 5.91 Å². The molecule has 0 aromatic heterocycles. The van der Waals surface area contributed by atoms with Gasteiger partial charge in [-0.1, -0.05) is 268 Å². The first-order valence-corrected chi connectivity index (χ1v) is 26.9. The molecule has 0 fully saturated rings. The Balaban J connectivity index is 3.40. The van der Waals surface area contributed by atoms with E-state index in [0.717, 1.165) is 38.5 Å². The Morgan fingerprint density at radius 1 is 0.400 bits per heavy atom. The lowest BCUT2D eigenvalue weighted by atomic mass is 10.0. The van der Waals surface area contributed by atoms with Crippen molar-refractivity contribution in [2.45, 2.75) is 296 Å². The highest BCUT2D eigenvalue weighted by molar-refractivity contribution is 5.76. The number of hydrogen-bond donors (Lipinski definition) is 3. The number of hydrogen-bond acceptors (Lipinski definition) is 3. The minimum atomic E-state index is -0.836. The second kappa shape index (κ2) is 51.7. The highest BCUT2D eigenvalue weighted by Crippen LogP contribution is 2.17. The molecule has 0 saturated carbocycles. The summed E-state index contributed by atoms with van der Waals surface area (Å²) in [5.41, 5.74) is 0. The Labute approximate surface area is 375 Å². The molecule has 0 aliphatic rings. The average Bonchev–Trinajstić information content (AvgIpc) is 3.25. The third-order valence-corrected chi connectivity index (χ3v) is 12.3. The summed E-state index contributed by atoms with van der Waals surface area (Å²) in [5.74, 6) is -0.0621. The molecule has 2 atom stereocenters. The van der Waals surface area contributed by atoms with Crippen molar-refractivity contribution >= 4 is 5.91 Å². The Bertz CT molecular complexity index is 954. The van der Waals surface area contributed by atoms with E-state index in [1.165, 1.54) is 225 Å². The van der Waals surface area contributed by atoms with Crippen LogP contribution in [-0.2, 0) is 4.79 Å². The Kier molecular flexibility index (Phi) is 50.3. The number of amides is 1. The molecule has 3 N–H and O–H groups in total. The van der Waals surface area contributed by atoms with Crippen LogP contribution in [0.15, 0.2) is 48.6 Å². The zero-order valence-electron chi connectivity index (χ0n) is 40.5.